The Hall–Kier alpha value is 0.430. The minimum atomic E-state index is -2.51. The first-order valence-electron chi connectivity index (χ1n) is 4.16. The minimum Gasteiger partial charge on any atom is -0.301 e. The van der Waals surface area contributed by atoms with E-state index >= 15 is 0 Å². The Labute approximate surface area is 89.9 Å². The molecule has 78 valence electrons. The Kier molecular flexibility index (Phi) is 6.21. The number of rotatable bonds is 5. The second-order valence-electron chi connectivity index (χ2n) is 2.62. The number of hydrogen-bond donors (Lipinski definition) is 1. The van der Waals surface area contributed by atoms with Crippen LogP contribution in [0.4, 0.5) is 0 Å². The minimum absolute atomic E-state index is 0.654. The van der Waals surface area contributed by atoms with Crippen LogP contribution in [0.15, 0.2) is 0 Å². The van der Waals surface area contributed by atoms with Gasteiger partial charge in [0.05, 0.1) is 4.99 Å². The highest BCUT2D eigenvalue weighted by Crippen LogP contribution is 2.56. The van der Waals surface area contributed by atoms with Crippen LogP contribution in [0.25, 0.3) is 0 Å². The first-order valence-corrected chi connectivity index (χ1v) is 7.82. The summed E-state index contributed by atoms with van der Waals surface area (Å²) in [6.07, 6.45) is 1.01. The van der Waals surface area contributed by atoms with Gasteiger partial charge in [-0.25, -0.2) is 5.09 Å². The maximum atomic E-state index is 12.2. The molecule has 0 amide bonds. The van der Waals surface area contributed by atoms with E-state index in [1.54, 1.807) is 25.7 Å². The van der Waals surface area contributed by atoms with Crippen molar-refractivity contribution in [1.82, 2.24) is 9.76 Å². The molecule has 0 fully saturated rings. The summed E-state index contributed by atoms with van der Waals surface area (Å²) in [5.41, 5.74) is 0. The maximum Gasteiger partial charge on any atom is 0.292 e. The molecule has 13 heavy (non-hydrogen) atoms. The van der Waals surface area contributed by atoms with Crippen molar-refractivity contribution in [2.75, 3.05) is 19.8 Å². The normalized spacial score (nSPS) is 15.1. The summed E-state index contributed by atoms with van der Waals surface area (Å²) in [4.78, 5) is 0.654. The van der Waals surface area contributed by atoms with E-state index in [-0.39, 0.29) is 0 Å². The van der Waals surface area contributed by atoms with E-state index in [0.717, 1.165) is 12.2 Å². The van der Waals surface area contributed by atoms with Crippen molar-refractivity contribution < 1.29 is 4.57 Å². The average Bonchev–Trinajstić information content (AvgIpc) is 2.12. The maximum absolute atomic E-state index is 12.2. The van der Waals surface area contributed by atoms with Crippen LogP contribution >= 0.6 is 30.2 Å². The molecular weight excluding hydrogens is 223 g/mol. The largest absolute Gasteiger partial charge is 0.301 e. The Morgan fingerprint density at radius 3 is 2.54 bits per heavy atom. The fourth-order valence-electron chi connectivity index (χ4n) is 0.702. The van der Waals surface area contributed by atoms with Gasteiger partial charge in [-0.1, -0.05) is 30.5 Å². The van der Waals surface area contributed by atoms with E-state index in [1.165, 1.54) is 11.4 Å². The predicted molar refractivity (Wildman–Crippen MR) is 65.5 cm³/mol. The molecule has 0 saturated heterocycles. The van der Waals surface area contributed by atoms with E-state index in [1.807, 2.05) is 0 Å². The number of nitrogens with one attached hydrogen (secondary N) is 1. The van der Waals surface area contributed by atoms with Crippen LogP contribution < -0.4 is 5.09 Å². The number of thiocarbonyl (C=S) groups is 1. The van der Waals surface area contributed by atoms with Crippen molar-refractivity contribution in [3.8, 4) is 0 Å². The van der Waals surface area contributed by atoms with Crippen LogP contribution in [0.2, 0.25) is 0 Å². The van der Waals surface area contributed by atoms with Gasteiger partial charge in [-0.3, -0.25) is 4.57 Å². The molecule has 0 spiro atoms. The van der Waals surface area contributed by atoms with Gasteiger partial charge in [0.25, 0.3) is 6.65 Å². The molecule has 0 aliphatic carbocycles. The molecule has 0 bridgehead atoms. The molecule has 0 aromatic carbocycles. The van der Waals surface area contributed by atoms with Gasteiger partial charge in [-0.2, -0.15) is 0 Å². The Balaban J connectivity index is 4.43. The fraction of sp³-hybridized carbons (Fsp3) is 0.857. The van der Waals surface area contributed by atoms with Crippen LogP contribution in [-0.2, 0) is 4.57 Å². The van der Waals surface area contributed by atoms with Crippen LogP contribution in [0.1, 0.15) is 20.3 Å². The molecular formula is C7H17N2OPS2. The van der Waals surface area contributed by atoms with Gasteiger partial charge in [0.15, 0.2) is 0 Å². The second kappa shape index (κ2) is 6.02. The third kappa shape index (κ3) is 3.98. The van der Waals surface area contributed by atoms with Crippen LogP contribution in [-0.4, -0.2) is 29.5 Å². The van der Waals surface area contributed by atoms with Crippen LogP contribution in [0.5, 0.6) is 0 Å². The molecule has 0 aliphatic rings. The van der Waals surface area contributed by atoms with Gasteiger partial charge in [0.1, 0.15) is 0 Å². The average molecular weight is 240 g/mol. The van der Waals surface area contributed by atoms with Gasteiger partial charge < -0.3 is 4.67 Å². The monoisotopic (exact) mass is 240 g/mol. The molecule has 1 unspecified atom stereocenters. The summed E-state index contributed by atoms with van der Waals surface area (Å²) in [6, 6.07) is 0. The Morgan fingerprint density at radius 2 is 2.23 bits per heavy atom. The standard InChI is InChI=1S/C7H17N2OPS2/c1-5-6-13-11(10,8-3)9(4)7(2)12/h5-6H2,1-4H3,(H,8,10). The summed E-state index contributed by atoms with van der Waals surface area (Å²) >= 11 is 6.43. The van der Waals surface area contributed by atoms with E-state index in [2.05, 4.69) is 12.0 Å². The number of nitrogens with zero attached hydrogens (tertiary/aromatic N) is 1. The Morgan fingerprint density at radius 1 is 1.69 bits per heavy atom. The summed E-state index contributed by atoms with van der Waals surface area (Å²) < 4.78 is 13.8. The second-order valence-corrected chi connectivity index (χ2v) is 8.22. The lowest BCUT2D eigenvalue weighted by Crippen LogP contribution is -2.23. The molecule has 0 saturated carbocycles. The Bertz CT molecular complexity index is 223. The molecule has 0 aliphatic heterocycles. The molecule has 0 rings (SSSR count). The first kappa shape index (κ1) is 13.4. The fourth-order valence-corrected chi connectivity index (χ4v) is 5.17. The zero-order valence-electron chi connectivity index (χ0n) is 8.53. The van der Waals surface area contributed by atoms with Crippen molar-refractivity contribution >= 4 is 35.2 Å². The highest BCUT2D eigenvalue weighted by Gasteiger charge is 2.26. The topological polar surface area (TPSA) is 32.3 Å². The van der Waals surface area contributed by atoms with E-state index < -0.39 is 6.65 Å². The summed E-state index contributed by atoms with van der Waals surface area (Å²) in [7, 11) is 3.47. The molecule has 6 heteroatoms. The molecule has 3 nitrogen and oxygen atoms in total. The van der Waals surface area contributed by atoms with Gasteiger partial charge in [0, 0.05) is 12.8 Å². The van der Waals surface area contributed by atoms with Gasteiger partial charge >= 0.3 is 0 Å². The zero-order valence-corrected chi connectivity index (χ0v) is 11.1. The lowest BCUT2D eigenvalue weighted by Gasteiger charge is -2.27. The lowest BCUT2D eigenvalue weighted by atomic mass is 10.6. The molecule has 1 N–H and O–H groups in total. The van der Waals surface area contributed by atoms with Crippen molar-refractivity contribution in [2.45, 2.75) is 20.3 Å². The first-order chi connectivity index (χ1) is 5.98. The molecule has 0 aromatic rings. The zero-order chi connectivity index (χ0) is 10.5. The number of hydrogen-bond acceptors (Lipinski definition) is 3. The van der Waals surface area contributed by atoms with Crippen LogP contribution in [0.3, 0.4) is 0 Å². The van der Waals surface area contributed by atoms with E-state index in [0.29, 0.717) is 4.99 Å². The van der Waals surface area contributed by atoms with Gasteiger partial charge in [-0.15, -0.1) is 0 Å². The quantitative estimate of drug-likeness (QED) is 0.590. The van der Waals surface area contributed by atoms with Crippen molar-refractivity contribution in [2.24, 2.45) is 0 Å². The summed E-state index contributed by atoms with van der Waals surface area (Å²) in [5.74, 6) is 0.880. The summed E-state index contributed by atoms with van der Waals surface area (Å²) in [5, 5.41) is 2.85. The van der Waals surface area contributed by atoms with Gasteiger partial charge in [0.2, 0.25) is 0 Å². The highest BCUT2D eigenvalue weighted by molar-refractivity contribution is 8.56. The third-order valence-electron chi connectivity index (χ3n) is 1.60. The molecule has 1 atom stereocenters. The molecule has 0 aromatic heterocycles. The van der Waals surface area contributed by atoms with Crippen LogP contribution in [0, 0.1) is 0 Å². The SMILES string of the molecule is CCCSP(=O)(NC)N(C)C(C)=S. The van der Waals surface area contributed by atoms with Crippen molar-refractivity contribution in [3.63, 3.8) is 0 Å². The molecule has 0 heterocycles. The van der Waals surface area contributed by atoms with E-state index in [9.17, 15) is 4.57 Å². The highest BCUT2D eigenvalue weighted by atomic mass is 32.7. The summed E-state index contributed by atoms with van der Waals surface area (Å²) in [6.45, 7) is 1.35. The molecule has 0 radical (unpaired) electrons. The third-order valence-corrected chi connectivity index (χ3v) is 7.49. The van der Waals surface area contributed by atoms with Crippen molar-refractivity contribution in [1.29, 1.82) is 0 Å². The lowest BCUT2D eigenvalue weighted by molar-refractivity contribution is 0.549. The van der Waals surface area contributed by atoms with E-state index in [4.69, 9.17) is 12.2 Å². The smallest absolute Gasteiger partial charge is 0.292 e. The predicted octanol–water partition coefficient (Wildman–Crippen LogP) is 2.74. The van der Waals surface area contributed by atoms with Gasteiger partial charge in [-0.05, 0) is 20.4 Å². The van der Waals surface area contributed by atoms with Crippen molar-refractivity contribution in [3.05, 3.63) is 0 Å².